The van der Waals surface area contributed by atoms with Crippen LogP contribution in [0.3, 0.4) is 0 Å². The molecule has 0 fully saturated rings. The fourth-order valence-electron chi connectivity index (χ4n) is 2.57. The molecular weight excluding hydrogens is 378 g/mol. The molecule has 2 N–H and O–H groups in total. The Labute approximate surface area is 169 Å². The number of benzene rings is 2. The van der Waals surface area contributed by atoms with Crippen LogP contribution in [0.25, 0.3) is 6.08 Å². The van der Waals surface area contributed by atoms with Crippen LogP contribution in [0.5, 0.6) is 17.2 Å². The van der Waals surface area contributed by atoms with Crippen LogP contribution in [0.15, 0.2) is 47.4 Å². The highest BCUT2D eigenvalue weighted by Gasteiger charge is 2.12. The Hall–Kier alpha value is -2.64. The molecule has 6 nitrogen and oxygen atoms in total. The number of aliphatic hydroxyl groups excluding tert-OH is 1. The number of amides is 1. The van der Waals surface area contributed by atoms with Crippen LogP contribution >= 0.6 is 11.8 Å². The predicted molar refractivity (Wildman–Crippen MR) is 111 cm³/mol. The normalized spacial score (nSPS) is 11.9. The number of rotatable bonds is 9. The van der Waals surface area contributed by atoms with Crippen LogP contribution in [0.1, 0.15) is 17.2 Å². The van der Waals surface area contributed by atoms with Crippen LogP contribution in [-0.4, -0.2) is 45.1 Å². The Balaban J connectivity index is 1.99. The van der Waals surface area contributed by atoms with E-state index in [0.717, 1.165) is 16.0 Å². The number of thioether (sulfide) groups is 1. The third-order valence-corrected chi connectivity index (χ3v) is 4.83. The lowest BCUT2D eigenvalue weighted by Gasteiger charge is -2.13. The summed E-state index contributed by atoms with van der Waals surface area (Å²) in [5.41, 5.74) is 1.48. The fraction of sp³-hybridized carbons (Fsp3) is 0.286. The summed E-state index contributed by atoms with van der Waals surface area (Å²) in [6.07, 6.45) is 4.25. The minimum atomic E-state index is -0.769. The first kappa shape index (κ1) is 21.7. The predicted octanol–water partition coefficient (Wildman–Crippen LogP) is 3.30. The van der Waals surface area contributed by atoms with Crippen LogP contribution in [0.4, 0.5) is 0 Å². The highest BCUT2D eigenvalue weighted by atomic mass is 32.2. The van der Waals surface area contributed by atoms with Crippen molar-refractivity contribution in [1.29, 1.82) is 0 Å². The van der Waals surface area contributed by atoms with Crippen LogP contribution in [0.2, 0.25) is 0 Å². The van der Waals surface area contributed by atoms with E-state index < -0.39 is 6.10 Å². The maximum Gasteiger partial charge on any atom is 0.244 e. The van der Waals surface area contributed by atoms with E-state index in [4.69, 9.17) is 14.2 Å². The number of ether oxygens (including phenoxy) is 3. The van der Waals surface area contributed by atoms with Gasteiger partial charge in [0.05, 0.1) is 27.4 Å². The number of hydrogen-bond acceptors (Lipinski definition) is 6. The van der Waals surface area contributed by atoms with Gasteiger partial charge in [-0.3, -0.25) is 4.79 Å². The second-order valence-corrected chi connectivity index (χ2v) is 6.71. The first-order chi connectivity index (χ1) is 13.5. The van der Waals surface area contributed by atoms with Gasteiger partial charge in [0.2, 0.25) is 11.7 Å². The highest BCUT2D eigenvalue weighted by molar-refractivity contribution is 7.98. The molecule has 0 aliphatic carbocycles. The van der Waals surface area contributed by atoms with Gasteiger partial charge in [-0.15, -0.1) is 11.8 Å². The Bertz CT molecular complexity index is 795. The van der Waals surface area contributed by atoms with E-state index in [-0.39, 0.29) is 12.5 Å². The second-order valence-electron chi connectivity index (χ2n) is 5.83. The molecule has 1 unspecified atom stereocenters. The molecule has 0 spiro atoms. The molecule has 1 amide bonds. The third kappa shape index (κ3) is 5.68. The second kappa shape index (κ2) is 10.6. The summed E-state index contributed by atoms with van der Waals surface area (Å²) in [7, 11) is 4.60. The van der Waals surface area contributed by atoms with Crippen molar-refractivity contribution in [2.24, 2.45) is 0 Å². The zero-order valence-corrected chi connectivity index (χ0v) is 17.2. The molecule has 150 valence electrons. The number of nitrogens with one attached hydrogen (secondary N) is 1. The van der Waals surface area contributed by atoms with Gasteiger partial charge in [-0.1, -0.05) is 12.1 Å². The van der Waals surface area contributed by atoms with Crippen molar-refractivity contribution in [3.05, 3.63) is 53.6 Å². The molecule has 0 heterocycles. The molecule has 2 rings (SSSR count). The largest absolute Gasteiger partial charge is 0.493 e. The first-order valence-corrected chi connectivity index (χ1v) is 9.82. The monoisotopic (exact) mass is 403 g/mol. The molecule has 7 heteroatoms. The fourth-order valence-corrected chi connectivity index (χ4v) is 2.98. The van der Waals surface area contributed by atoms with E-state index in [1.54, 1.807) is 30.0 Å². The van der Waals surface area contributed by atoms with E-state index in [0.29, 0.717) is 17.2 Å². The first-order valence-electron chi connectivity index (χ1n) is 8.60. The van der Waals surface area contributed by atoms with E-state index in [9.17, 15) is 9.90 Å². The number of carbonyl (C=O) groups excluding carboxylic acids is 1. The maximum atomic E-state index is 12.1. The quantitative estimate of drug-likeness (QED) is 0.494. The molecule has 2 aromatic rings. The van der Waals surface area contributed by atoms with Gasteiger partial charge < -0.3 is 24.6 Å². The highest BCUT2D eigenvalue weighted by Crippen LogP contribution is 2.38. The van der Waals surface area contributed by atoms with Gasteiger partial charge in [0, 0.05) is 17.5 Å². The van der Waals surface area contributed by atoms with Crippen molar-refractivity contribution in [2.75, 3.05) is 34.1 Å². The molecular formula is C21H25NO5S. The molecule has 0 aliphatic heterocycles. The van der Waals surface area contributed by atoms with Crippen LogP contribution in [-0.2, 0) is 4.79 Å². The molecule has 0 bridgehead atoms. The lowest BCUT2D eigenvalue weighted by Crippen LogP contribution is -2.26. The summed E-state index contributed by atoms with van der Waals surface area (Å²) in [4.78, 5) is 13.2. The van der Waals surface area contributed by atoms with Crippen molar-refractivity contribution in [1.82, 2.24) is 5.32 Å². The number of methoxy groups -OCH3 is 3. The summed E-state index contributed by atoms with van der Waals surface area (Å²) in [5.74, 6) is 1.19. The van der Waals surface area contributed by atoms with Gasteiger partial charge in [0.25, 0.3) is 0 Å². The van der Waals surface area contributed by atoms with Gasteiger partial charge in [0.15, 0.2) is 11.5 Å². The van der Waals surface area contributed by atoms with E-state index in [1.165, 1.54) is 27.4 Å². The molecule has 0 radical (unpaired) electrons. The molecule has 2 aromatic carbocycles. The smallest absolute Gasteiger partial charge is 0.244 e. The van der Waals surface area contributed by atoms with Crippen molar-refractivity contribution in [3.8, 4) is 17.2 Å². The minimum absolute atomic E-state index is 0.122. The van der Waals surface area contributed by atoms with Crippen LogP contribution in [0, 0.1) is 0 Å². The standard InChI is InChI=1S/C21H25NO5S/c1-25-18-11-14(12-19(26-2)21(18)27-3)5-10-20(24)22-13-17(23)15-6-8-16(28-4)9-7-15/h5-12,17,23H,13H2,1-4H3,(H,22,24)/b10-5+. The average Bonchev–Trinajstić information content (AvgIpc) is 2.74. The molecule has 0 aliphatic rings. The van der Waals surface area contributed by atoms with Gasteiger partial charge in [-0.05, 0) is 47.7 Å². The summed E-state index contributed by atoms with van der Waals surface area (Å²) in [6, 6.07) is 11.1. The summed E-state index contributed by atoms with van der Waals surface area (Å²) in [5, 5.41) is 12.9. The lowest BCUT2D eigenvalue weighted by atomic mass is 10.1. The molecule has 0 aromatic heterocycles. The molecule has 1 atom stereocenters. The molecule has 28 heavy (non-hydrogen) atoms. The summed E-state index contributed by atoms with van der Waals surface area (Å²) < 4.78 is 15.9. The van der Waals surface area contributed by atoms with Gasteiger partial charge in [0.1, 0.15) is 0 Å². The van der Waals surface area contributed by atoms with Gasteiger partial charge >= 0.3 is 0 Å². The zero-order chi connectivity index (χ0) is 20.5. The number of carbonyl (C=O) groups is 1. The molecule has 0 saturated heterocycles. The molecule has 0 saturated carbocycles. The summed E-state index contributed by atoms with van der Waals surface area (Å²) >= 11 is 1.63. The SMILES string of the molecule is COc1cc(/C=C/C(=O)NCC(O)c2ccc(SC)cc2)cc(OC)c1OC. The van der Waals surface area contributed by atoms with Crippen molar-refractivity contribution in [3.63, 3.8) is 0 Å². The zero-order valence-electron chi connectivity index (χ0n) is 16.4. The Morgan fingerprint density at radius 3 is 2.21 bits per heavy atom. The third-order valence-electron chi connectivity index (χ3n) is 4.08. The van der Waals surface area contributed by atoms with E-state index in [1.807, 2.05) is 30.5 Å². The van der Waals surface area contributed by atoms with Gasteiger partial charge in [-0.25, -0.2) is 0 Å². The van der Waals surface area contributed by atoms with Crippen molar-refractivity contribution >= 4 is 23.7 Å². The number of hydrogen-bond donors (Lipinski definition) is 2. The van der Waals surface area contributed by atoms with E-state index >= 15 is 0 Å². The lowest BCUT2D eigenvalue weighted by molar-refractivity contribution is -0.116. The average molecular weight is 404 g/mol. The Morgan fingerprint density at radius 2 is 1.71 bits per heavy atom. The Kier molecular flexibility index (Phi) is 8.22. The van der Waals surface area contributed by atoms with Crippen molar-refractivity contribution in [2.45, 2.75) is 11.0 Å². The van der Waals surface area contributed by atoms with E-state index in [2.05, 4.69) is 5.32 Å². The maximum absolute atomic E-state index is 12.1. The summed E-state index contributed by atoms with van der Waals surface area (Å²) in [6.45, 7) is 0.122. The number of aliphatic hydroxyl groups is 1. The van der Waals surface area contributed by atoms with Crippen molar-refractivity contribution < 1.29 is 24.1 Å². The minimum Gasteiger partial charge on any atom is -0.493 e. The van der Waals surface area contributed by atoms with Gasteiger partial charge in [-0.2, -0.15) is 0 Å². The Morgan fingerprint density at radius 1 is 1.11 bits per heavy atom. The topological polar surface area (TPSA) is 77.0 Å². The van der Waals surface area contributed by atoms with Crippen LogP contribution < -0.4 is 19.5 Å².